The largest absolute Gasteiger partial charge is 0.494 e. The number of hydrogen-bond acceptors (Lipinski definition) is 4. The number of rotatable bonds is 8. The Morgan fingerprint density at radius 1 is 1.18 bits per heavy atom. The minimum Gasteiger partial charge on any atom is -0.494 e. The molecule has 2 aromatic carbocycles. The van der Waals surface area contributed by atoms with Crippen LogP contribution in [-0.4, -0.2) is 29.1 Å². The maximum Gasteiger partial charge on any atom is 0.412 e. The van der Waals surface area contributed by atoms with E-state index in [1.807, 2.05) is 58.0 Å². The molecular formula is C27H33N3O3. The summed E-state index contributed by atoms with van der Waals surface area (Å²) in [6.07, 6.45) is 5.21. The third-order valence-electron chi connectivity index (χ3n) is 6.54. The molecule has 0 atom stereocenters. The summed E-state index contributed by atoms with van der Waals surface area (Å²) in [5, 5.41) is 12.0. The van der Waals surface area contributed by atoms with E-state index in [0.717, 1.165) is 52.7 Å². The second-order valence-corrected chi connectivity index (χ2v) is 9.18. The van der Waals surface area contributed by atoms with Gasteiger partial charge in [0.2, 0.25) is 0 Å². The van der Waals surface area contributed by atoms with Gasteiger partial charge in [0.15, 0.2) is 0 Å². The van der Waals surface area contributed by atoms with Gasteiger partial charge in [-0.2, -0.15) is 0 Å². The first-order valence-corrected chi connectivity index (χ1v) is 11.8. The Hall–Kier alpha value is -3.28. The molecule has 0 aliphatic heterocycles. The summed E-state index contributed by atoms with van der Waals surface area (Å²) < 4.78 is 13.6. The fraction of sp³-hybridized carbons (Fsp3) is 0.407. The molecule has 1 saturated carbocycles. The molecule has 0 bridgehead atoms. The van der Waals surface area contributed by atoms with E-state index in [0.29, 0.717) is 18.3 Å². The molecule has 2 N–H and O–H groups in total. The first-order chi connectivity index (χ1) is 15.9. The molecule has 0 unspecified atom stereocenters. The molecule has 1 aliphatic rings. The van der Waals surface area contributed by atoms with Gasteiger partial charge in [0.05, 0.1) is 17.8 Å². The molecule has 1 aliphatic carbocycles. The van der Waals surface area contributed by atoms with Crippen molar-refractivity contribution in [1.82, 2.24) is 4.57 Å². The van der Waals surface area contributed by atoms with Crippen molar-refractivity contribution in [2.24, 2.45) is 0 Å². The summed E-state index contributed by atoms with van der Waals surface area (Å²) in [4.78, 5) is 12.3. The number of carbonyl (C=O) groups is 1. The van der Waals surface area contributed by atoms with E-state index < -0.39 is 11.7 Å². The number of aromatic nitrogens is 1. The van der Waals surface area contributed by atoms with E-state index in [-0.39, 0.29) is 0 Å². The zero-order chi connectivity index (χ0) is 23.6. The summed E-state index contributed by atoms with van der Waals surface area (Å²) in [5.41, 5.74) is 4.24. The number of benzene rings is 2. The smallest absolute Gasteiger partial charge is 0.412 e. The lowest BCUT2D eigenvalue weighted by molar-refractivity contribution is 0.0462. The predicted molar refractivity (Wildman–Crippen MR) is 134 cm³/mol. The zero-order valence-electron chi connectivity index (χ0n) is 19.9. The molecule has 4 rings (SSSR count). The van der Waals surface area contributed by atoms with Crippen LogP contribution in [0.15, 0.2) is 42.5 Å². The highest BCUT2D eigenvalue weighted by Crippen LogP contribution is 2.43. The van der Waals surface area contributed by atoms with Gasteiger partial charge >= 0.3 is 6.09 Å². The highest BCUT2D eigenvalue weighted by atomic mass is 16.6. The fourth-order valence-corrected chi connectivity index (χ4v) is 4.22. The average Bonchev–Trinajstić information content (AvgIpc) is 3.06. The molecule has 1 amide bonds. The predicted octanol–water partition coefficient (Wildman–Crippen LogP) is 7.17. The van der Waals surface area contributed by atoms with Crippen molar-refractivity contribution >= 4 is 28.9 Å². The van der Waals surface area contributed by atoms with E-state index in [2.05, 4.69) is 22.0 Å². The quantitative estimate of drug-likeness (QED) is 0.359. The monoisotopic (exact) mass is 447 g/mol. The van der Waals surface area contributed by atoms with E-state index in [9.17, 15) is 4.79 Å². The van der Waals surface area contributed by atoms with Crippen molar-refractivity contribution in [3.63, 3.8) is 0 Å². The van der Waals surface area contributed by atoms with Crippen LogP contribution < -0.4 is 10.1 Å². The Labute approximate surface area is 195 Å². The van der Waals surface area contributed by atoms with Gasteiger partial charge in [0.25, 0.3) is 0 Å². The Bertz CT molecular complexity index is 1160. The SMILES string of the molecule is CCOc1ccc2c(C=N)c(-c3ccc(NC(=O)OC(C)(C)CC)cc3)n(C3CCC3)c2c1. The number of amides is 1. The molecule has 0 saturated heterocycles. The Morgan fingerprint density at radius 2 is 1.91 bits per heavy atom. The maximum absolute atomic E-state index is 12.3. The Morgan fingerprint density at radius 3 is 2.48 bits per heavy atom. The molecule has 1 aromatic heterocycles. The third kappa shape index (κ3) is 4.61. The summed E-state index contributed by atoms with van der Waals surface area (Å²) in [6.45, 7) is 8.38. The first-order valence-electron chi connectivity index (χ1n) is 11.8. The van der Waals surface area contributed by atoms with Crippen LogP contribution in [0.4, 0.5) is 10.5 Å². The normalized spacial score (nSPS) is 14.1. The van der Waals surface area contributed by atoms with Crippen molar-refractivity contribution in [2.45, 2.75) is 65.0 Å². The second kappa shape index (κ2) is 9.30. The number of nitrogens with zero attached hydrogens (tertiary/aromatic N) is 1. The number of nitrogens with one attached hydrogen (secondary N) is 2. The molecule has 6 nitrogen and oxygen atoms in total. The van der Waals surface area contributed by atoms with Crippen LogP contribution in [0, 0.1) is 5.41 Å². The average molecular weight is 448 g/mol. The van der Waals surface area contributed by atoms with Crippen LogP contribution in [0.1, 0.15) is 65.0 Å². The highest BCUT2D eigenvalue weighted by Gasteiger charge is 2.27. The van der Waals surface area contributed by atoms with Gasteiger partial charge in [-0.25, -0.2) is 4.79 Å². The topological polar surface area (TPSA) is 76.3 Å². The van der Waals surface area contributed by atoms with Gasteiger partial charge in [0.1, 0.15) is 11.4 Å². The first kappa shape index (κ1) is 22.9. The number of carbonyl (C=O) groups excluding carboxylic acids is 1. The van der Waals surface area contributed by atoms with Gasteiger partial charge in [-0.15, -0.1) is 0 Å². The second-order valence-electron chi connectivity index (χ2n) is 9.18. The van der Waals surface area contributed by atoms with Crippen molar-refractivity contribution in [2.75, 3.05) is 11.9 Å². The Balaban J connectivity index is 1.71. The molecule has 1 heterocycles. The summed E-state index contributed by atoms with van der Waals surface area (Å²) >= 11 is 0. The van der Waals surface area contributed by atoms with Crippen molar-refractivity contribution in [1.29, 1.82) is 5.41 Å². The number of ether oxygens (including phenoxy) is 2. The minimum absolute atomic E-state index is 0.414. The summed E-state index contributed by atoms with van der Waals surface area (Å²) in [7, 11) is 0. The lowest BCUT2D eigenvalue weighted by atomic mass is 9.92. The Kier molecular flexibility index (Phi) is 6.45. The van der Waals surface area contributed by atoms with Gasteiger partial charge in [-0.1, -0.05) is 19.1 Å². The van der Waals surface area contributed by atoms with Crippen LogP contribution in [0.3, 0.4) is 0 Å². The fourth-order valence-electron chi connectivity index (χ4n) is 4.22. The van der Waals surface area contributed by atoms with Crippen LogP contribution in [0.5, 0.6) is 5.75 Å². The molecule has 0 spiro atoms. The van der Waals surface area contributed by atoms with Gasteiger partial charge in [0, 0.05) is 35.0 Å². The standard InChI is InChI=1S/C27H33N3O3/c1-5-27(3,4)33-26(31)29-19-12-10-18(11-13-19)25-23(17-28)22-15-14-21(32-6-2)16-24(22)30(25)20-8-7-9-20/h10-17,20,28H,5-9H2,1-4H3,(H,29,31). The van der Waals surface area contributed by atoms with E-state index >= 15 is 0 Å². The molecule has 33 heavy (non-hydrogen) atoms. The lowest BCUT2D eigenvalue weighted by Crippen LogP contribution is -2.29. The zero-order valence-corrected chi connectivity index (χ0v) is 19.9. The molecular weight excluding hydrogens is 414 g/mol. The summed E-state index contributed by atoms with van der Waals surface area (Å²) in [6, 6.07) is 14.3. The highest BCUT2D eigenvalue weighted by molar-refractivity contribution is 6.06. The van der Waals surface area contributed by atoms with Gasteiger partial charge in [-0.05, 0) is 76.3 Å². The van der Waals surface area contributed by atoms with Crippen molar-refractivity contribution in [3.8, 4) is 17.0 Å². The molecule has 6 heteroatoms. The molecule has 174 valence electrons. The van der Waals surface area contributed by atoms with E-state index in [1.54, 1.807) is 0 Å². The van der Waals surface area contributed by atoms with Gasteiger partial charge in [-0.3, -0.25) is 5.32 Å². The lowest BCUT2D eigenvalue weighted by Gasteiger charge is -2.30. The molecule has 1 fully saturated rings. The molecule has 0 radical (unpaired) electrons. The molecule has 3 aromatic rings. The van der Waals surface area contributed by atoms with Crippen LogP contribution in [0.25, 0.3) is 22.2 Å². The number of hydrogen-bond donors (Lipinski definition) is 2. The number of anilines is 1. The van der Waals surface area contributed by atoms with Crippen molar-refractivity contribution in [3.05, 3.63) is 48.0 Å². The maximum atomic E-state index is 12.3. The van der Waals surface area contributed by atoms with E-state index in [4.69, 9.17) is 14.9 Å². The van der Waals surface area contributed by atoms with Crippen LogP contribution >= 0.6 is 0 Å². The van der Waals surface area contributed by atoms with Crippen molar-refractivity contribution < 1.29 is 14.3 Å². The third-order valence-corrected chi connectivity index (χ3v) is 6.54. The van der Waals surface area contributed by atoms with Crippen LogP contribution in [0.2, 0.25) is 0 Å². The van der Waals surface area contributed by atoms with E-state index in [1.165, 1.54) is 12.6 Å². The van der Waals surface area contributed by atoms with Gasteiger partial charge < -0.3 is 19.5 Å². The number of fused-ring (bicyclic) bond motifs is 1. The summed E-state index contributed by atoms with van der Waals surface area (Å²) in [5.74, 6) is 0.846. The minimum atomic E-state index is -0.507. The van der Waals surface area contributed by atoms with Crippen LogP contribution in [-0.2, 0) is 4.74 Å².